The Bertz CT molecular complexity index is 1330. The minimum atomic E-state index is -0.360. The van der Waals surface area contributed by atoms with Crippen LogP contribution in [-0.2, 0) is 17.6 Å². The van der Waals surface area contributed by atoms with E-state index in [-0.39, 0.29) is 17.5 Å². The molecule has 0 aliphatic heterocycles. The Morgan fingerprint density at radius 1 is 1.06 bits per heavy atom. The van der Waals surface area contributed by atoms with Gasteiger partial charge in [0.25, 0.3) is 5.56 Å². The molecule has 2 aromatic carbocycles. The van der Waals surface area contributed by atoms with Crippen molar-refractivity contribution in [1.82, 2.24) is 14.5 Å². The number of nitrogens with zero attached hydrogens (tertiary/aromatic N) is 3. The fourth-order valence-corrected chi connectivity index (χ4v) is 5.05. The maximum Gasteiger partial charge on any atom is 0.266 e. The van der Waals surface area contributed by atoms with E-state index < -0.39 is 0 Å². The molecule has 1 atom stereocenters. The van der Waals surface area contributed by atoms with Crippen LogP contribution in [0, 0.1) is 0 Å². The first-order valence-corrected chi connectivity index (χ1v) is 12.8. The quantitative estimate of drug-likeness (QED) is 0.302. The molecule has 0 fully saturated rings. The summed E-state index contributed by atoms with van der Waals surface area (Å²) in [7, 11) is 0. The Kier molecular flexibility index (Phi) is 7.58. The number of thiophene rings is 1. The fourth-order valence-electron chi connectivity index (χ4n) is 4.36. The Balaban J connectivity index is 1.88. The number of rotatable bonds is 9. The highest BCUT2D eigenvalue weighted by molar-refractivity contribution is 7.10. The molecule has 4 aromatic rings. The van der Waals surface area contributed by atoms with Gasteiger partial charge in [0, 0.05) is 11.4 Å². The Hall–Kier alpha value is -3.25. The summed E-state index contributed by atoms with van der Waals surface area (Å²) in [5, 5.41) is 2.57. The number of benzene rings is 2. The second-order valence-electron chi connectivity index (χ2n) is 8.48. The van der Waals surface area contributed by atoms with E-state index in [9.17, 15) is 9.59 Å². The molecule has 1 amide bonds. The number of hydrogen-bond donors (Lipinski definition) is 0. The molecule has 0 radical (unpaired) electrons. The van der Waals surface area contributed by atoms with Gasteiger partial charge in [-0.2, -0.15) is 0 Å². The second kappa shape index (κ2) is 10.8. The monoisotopic (exact) mass is 473 g/mol. The van der Waals surface area contributed by atoms with Gasteiger partial charge >= 0.3 is 0 Å². The summed E-state index contributed by atoms with van der Waals surface area (Å²) < 4.78 is 1.73. The van der Waals surface area contributed by atoms with Crippen LogP contribution in [0.2, 0.25) is 0 Å². The first-order chi connectivity index (χ1) is 16.5. The molecule has 176 valence electrons. The molecule has 0 saturated heterocycles. The van der Waals surface area contributed by atoms with Gasteiger partial charge in [-0.25, -0.2) is 4.98 Å². The summed E-state index contributed by atoms with van der Waals surface area (Å²) in [5.74, 6) is 0.654. The lowest BCUT2D eigenvalue weighted by Crippen LogP contribution is -2.39. The van der Waals surface area contributed by atoms with Crippen molar-refractivity contribution in [1.29, 1.82) is 0 Å². The number of carbonyl (C=O) groups excluding carboxylic acids is 1. The van der Waals surface area contributed by atoms with Gasteiger partial charge in [-0.3, -0.25) is 14.2 Å². The number of carbonyl (C=O) groups is 1. The van der Waals surface area contributed by atoms with Crippen LogP contribution in [0.3, 0.4) is 0 Å². The maximum atomic E-state index is 13.8. The van der Waals surface area contributed by atoms with E-state index in [2.05, 4.69) is 13.8 Å². The highest BCUT2D eigenvalue weighted by Gasteiger charge is 2.27. The topological polar surface area (TPSA) is 55.2 Å². The molecule has 4 rings (SSSR count). The van der Waals surface area contributed by atoms with Crippen molar-refractivity contribution in [3.63, 3.8) is 0 Å². The third kappa shape index (κ3) is 4.82. The predicted molar refractivity (Wildman–Crippen MR) is 140 cm³/mol. The molecular formula is C28H31N3O2S. The average Bonchev–Trinajstić information content (AvgIpc) is 3.37. The minimum absolute atomic E-state index is 0.0566. The van der Waals surface area contributed by atoms with Crippen LogP contribution < -0.4 is 5.56 Å². The average molecular weight is 474 g/mol. The molecule has 6 heteroatoms. The van der Waals surface area contributed by atoms with Crippen molar-refractivity contribution in [3.8, 4) is 5.69 Å². The normalized spacial score (nSPS) is 12.1. The van der Waals surface area contributed by atoms with Crippen molar-refractivity contribution >= 4 is 28.1 Å². The van der Waals surface area contributed by atoms with Crippen molar-refractivity contribution < 1.29 is 4.79 Å². The van der Waals surface area contributed by atoms with E-state index in [1.54, 1.807) is 15.9 Å². The zero-order chi connectivity index (χ0) is 24.1. The molecule has 2 heterocycles. The van der Waals surface area contributed by atoms with Crippen LogP contribution in [0.5, 0.6) is 0 Å². The summed E-state index contributed by atoms with van der Waals surface area (Å²) in [6, 6.07) is 19.0. The third-order valence-electron chi connectivity index (χ3n) is 6.23. The number of para-hydroxylation sites is 2. The number of unbranched alkanes of at least 4 members (excludes halogenated alkanes) is 1. The number of fused-ring (bicyclic) bond motifs is 1. The minimum Gasteiger partial charge on any atom is -0.332 e. The van der Waals surface area contributed by atoms with Gasteiger partial charge in [-0.1, -0.05) is 56.7 Å². The van der Waals surface area contributed by atoms with Gasteiger partial charge in [0.15, 0.2) is 0 Å². The molecule has 0 saturated carbocycles. The van der Waals surface area contributed by atoms with Crippen molar-refractivity contribution in [2.75, 3.05) is 6.54 Å². The van der Waals surface area contributed by atoms with Crippen LogP contribution in [0.15, 0.2) is 70.8 Å². The van der Waals surface area contributed by atoms with Crippen molar-refractivity contribution in [2.24, 2.45) is 0 Å². The number of aromatic nitrogens is 2. The molecule has 34 heavy (non-hydrogen) atoms. The lowest BCUT2D eigenvalue weighted by molar-refractivity contribution is -0.132. The van der Waals surface area contributed by atoms with E-state index in [1.807, 2.05) is 77.9 Å². The largest absolute Gasteiger partial charge is 0.332 e. The van der Waals surface area contributed by atoms with E-state index >= 15 is 0 Å². The van der Waals surface area contributed by atoms with Crippen LogP contribution in [-0.4, -0.2) is 26.9 Å². The van der Waals surface area contributed by atoms with Gasteiger partial charge in [0.2, 0.25) is 5.91 Å². The molecule has 0 N–H and O–H groups in total. The number of hydrogen-bond acceptors (Lipinski definition) is 4. The third-order valence-corrected chi connectivity index (χ3v) is 7.11. The molecule has 1 unspecified atom stereocenters. The number of amides is 1. The maximum absolute atomic E-state index is 13.8. The van der Waals surface area contributed by atoms with E-state index in [1.165, 1.54) is 0 Å². The Morgan fingerprint density at radius 3 is 2.56 bits per heavy atom. The van der Waals surface area contributed by atoms with Crippen LogP contribution >= 0.6 is 11.3 Å². The first-order valence-electron chi connectivity index (χ1n) is 12.0. The highest BCUT2D eigenvalue weighted by atomic mass is 32.1. The molecule has 0 aliphatic rings. The zero-order valence-corrected chi connectivity index (χ0v) is 20.8. The van der Waals surface area contributed by atoms with Crippen molar-refractivity contribution in [3.05, 3.63) is 92.7 Å². The molecule has 2 aromatic heterocycles. The number of aryl methyl sites for hydroxylation is 1. The van der Waals surface area contributed by atoms with E-state index in [0.29, 0.717) is 29.7 Å². The lowest BCUT2D eigenvalue weighted by Gasteiger charge is -2.31. The highest BCUT2D eigenvalue weighted by Crippen LogP contribution is 2.26. The summed E-state index contributed by atoms with van der Waals surface area (Å²) in [4.78, 5) is 35.2. The first kappa shape index (κ1) is 23.9. The fraction of sp³-hybridized carbons (Fsp3) is 0.321. The summed E-state index contributed by atoms with van der Waals surface area (Å²) in [6.45, 7) is 6.82. The van der Waals surface area contributed by atoms with Gasteiger partial charge in [0.1, 0.15) is 5.82 Å². The molecular weight excluding hydrogens is 442 g/mol. The summed E-state index contributed by atoms with van der Waals surface area (Å²) in [5.41, 5.74) is 2.45. The summed E-state index contributed by atoms with van der Waals surface area (Å²) >= 11 is 1.59. The lowest BCUT2D eigenvalue weighted by atomic mass is 10.1. The SMILES string of the molecule is CCCCN(C(=O)Cc1cccs1)C(C)c1nc2ccccc2c(=O)n1-c1ccccc1CC. The van der Waals surface area contributed by atoms with Crippen molar-refractivity contribution in [2.45, 2.75) is 52.5 Å². The Labute approximate surface area is 204 Å². The molecule has 0 spiro atoms. The predicted octanol–water partition coefficient (Wildman–Crippen LogP) is 5.94. The molecule has 0 bridgehead atoms. The van der Waals surface area contributed by atoms with Gasteiger partial charge in [-0.05, 0) is 55.0 Å². The van der Waals surface area contributed by atoms with E-state index in [0.717, 1.165) is 35.4 Å². The van der Waals surface area contributed by atoms with Gasteiger partial charge in [-0.15, -0.1) is 11.3 Å². The van der Waals surface area contributed by atoms with Crippen LogP contribution in [0.1, 0.15) is 55.9 Å². The zero-order valence-electron chi connectivity index (χ0n) is 20.0. The molecule has 5 nitrogen and oxygen atoms in total. The van der Waals surface area contributed by atoms with Crippen LogP contribution in [0.25, 0.3) is 16.6 Å². The second-order valence-corrected chi connectivity index (χ2v) is 9.52. The van der Waals surface area contributed by atoms with E-state index in [4.69, 9.17) is 4.98 Å². The van der Waals surface area contributed by atoms with Gasteiger partial charge < -0.3 is 4.90 Å². The van der Waals surface area contributed by atoms with Crippen LogP contribution in [0.4, 0.5) is 0 Å². The Morgan fingerprint density at radius 2 is 1.82 bits per heavy atom. The smallest absolute Gasteiger partial charge is 0.266 e. The standard InChI is InChI=1S/C28H31N3O2S/c1-4-6-17-30(26(32)19-22-13-11-18-34-22)20(3)27-29-24-15-9-8-14-23(24)28(33)31(27)25-16-10-7-12-21(25)5-2/h7-16,18,20H,4-6,17,19H2,1-3H3. The molecule has 0 aliphatic carbocycles. The summed E-state index contributed by atoms with van der Waals surface area (Å²) in [6.07, 6.45) is 3.02. The van der Waals surface area contributed by atoms with Gasteiger partial charge in [0.05, 0.1) is 29.1 Å².